The molecule has 1 aromatic heterocycles. The average molecular weight is 384 g/mol. The van der Waals surface area contributed by atoms with E-state index in [1.807, 2.05) is 12.1 Å². The molecule has 0 amide bonds. The molecular formula is C29H20O. The molecule has 0 atom stereocenters. The Morgan fingerprint density at radius 3 is 1.93 bits per heavy atom. The number of furan rings is 1. The van der Waals surface area contributed by atoms with Crippen molar-refractivity contribution in [3.63, 3.8) is 0 Å². The van der Waals surface area contributed by atoms with Gasteiger partial charge in [0.1, 0.15) is 11.2 Å². The Morgan fingerprint density at radius 2 is 1.10 bits per heavy atom. The molecule has 0 bridgehead atoms. The lowest BCUT2D eigenvalue weighted by Gasteiger charge is -2.10. The molecule has 6 aromatic rings. The van der Waals surface area contributed by atoms with Crippen LogP contribution in [0.4, 0.5) is 0 Å². The maximum absolute atomic E-state index is 6.07. The standard InChI is InChI=1S/C29H20O/c1-19-10-16-24(25-7-3-2-6-23(19)25)21-13-11-20(12-14-21)22-15-17-27-26-8-4-5-9-28(26)30-29(27)18-22/h2-18H,1H3. The van der Waals surface area contributed by atoms with Crippen molar-refractivity contribution in [3.05, 3.63) is 109 Å². The van der Waals surface area contributed by atoms with Crippen LogP contribution in [0, 0.1) is 6.92 Å². The van der Waals surface area contributed by atoms with Gasteiger partial charge in [-0.25, -0.2) is 0 Å². The highest BCUT2D eigenvalue weighted by atomic mass is 16.3. The third-order valence-electron chi connectivity index (χ3n) is 6.05. The van der Waals surface area contributed by atoms with E-state index in [0.29, 0.717) is 0 Å². The average Bonchev–Trinajstić information content (AvgIpc) is 3.18. The summed E-state index contributed by atoms with van der Waals surface area (Å²) in [5, 5.41) is 4.95. The lowest BCUT2D eigenvalue weighted by Crippen LogP contribution is -1.85. The predicted octanol–water partition coefficient (Wildman–Crippen LogP) is 8.38. The normalized spacial score (nSPS) is 11.5. The lowest BCUT2D eigenvalue weighted by molar-refractivity contribution is 0.669. The third-order valence-corrected chi connectivity index (χ3v) is 6.05. The number of hydrogen-bond donors (Lipinski definition) is 0. The van der Waals surface area contributed by atoms with Crippen molar-refractivity contribution >= 4 is 32.7 Å². The molecule has 0 saturated carbocycles. The minimum Gasteiger partial charge on any atom is -0.456 e. The van der Waals surface area contributed by atoms with Crippen LogP contribution in [0.25, 0.3) is 55.0 Å². The SMILES string of the molecule is Cc1ccc(-c2ccc(-c3ccc4c(c3)oc3ccccc34)cc2)c2ccccc12. The fourth-order valence-corrected chi connectivity index (χ4v) is 4.45. The van der Waals surface area contributed by atoms with E-state index in [-0.39, 0.29) is 0 Å². The van der Waals surface area contributed by atoms with Gasteiger partial charge in [-0.2, -0.15) is 0 Å². The van der Waals surface area contributed by atoms with Gasteiger partial charge in [0.15, 0.2) is 0 Å². The lowest BCUT2D eigenvalue weighted by atomic mass is 9.94. The Morgan fingerprint density at radius 1 is 0.467 bits per heavy atom. The van der Waals surface area contributed by atoms with Gasteiger partial charge < -0.3 is 4.42 Å². The molecule has 142 valence electrons. The first-order valence-electron chi connectivity index (χ1n) is 10.3. The molecule has 0 saturated heterocycles. The Bertz CT molecular complexity index is 1530. The van der Waals surface area contributed by atoms with Gasteiger partial charge in [-0.1, -0.05) is 84.9 Å². The second kappa shape index (κ2) is 6.60. The van der Waals surface area contributed by atoms with E-state index in [1.165, 1.54) is 44.0 Å². The molecule has 1 heterocycles. The highest BCUT2D eigenvalue weighted by Gasteiger charge is 2.09. The number of para-hydroxylation sites is 1. The smallest absolute Gasteiger partial charge is 0.136 e. The van der Waals surface area contributed by atoms with Crippen molar-refractivity contribution < 1.29 is 4.42 Å². The summed E-state index contributed by atoms with van der Waals surface area (Å²) in [6.45, 7) is 2.17. The second-order valence-electron chi connectivity index (χ2n) is 7.86. The quantitative estimate of drug-likeness (QED) is 0.292. The maximum atomic E-state index is 6.07. The van der Waals surface area contributed by atoms with Crippen LogP contribution in [-0.2, 0) is 0 Å². The first-order valence-corrected chi connectivity index (χ1v) is 10.3. The monoisotopic (exact) mass is 384 g/mol. The van der Waals surface area contributed by atoms with Crippen molar-refractivity contribution in [2.75, 3.05) is 0 Å². The van der Waals surface area contributed by atoms with Crippen molar-refractivity contribution in [2.45, 2.75) is 6.92 Å². The van der Waals surface area contributed by atoms with Crippen molar-refractivity contribution in [2.24, 2.45) is 0 Å². The van der Waals surface area contributed by atoms with E-state index < -0.39 is 0 Å². The van der Waals surface area contributed by atoms with Gasteiger partial charge in [0.05, 0.1) is 0 Å². The molecule has 1 nitrogen and oxygen atoms in total. The Labute approximate surface area is 175 Å². The van der Waals surface area contributed by atoms with Gasteiger partial charge in [0.2, 0.25) is 0 Å². The topological polar surface area (TPSA) is 13.1 Å². The summed E-state index contributed by atoms with van der Waals surface area (Å²) in [6, 6.07) is 36.6. The fraction of sp³-hybridized carbons (Fsp3) is 0.0345. The van der Waals surface area contributed by atoms with Crippen LogP contribution in [0.1, 0.15) is 5.56 Å². The molecule has 0 fully saturated rings. The van der Waals surface area contributed by atoms with Gasteiger partial charge in [0.25, 0.3) is 0 Å². The van der Waals surface area contributed by atoms with E-state index in [0.717, 1.165) is 16.6 Å². The molecular weight excluding hydrogens is 364 g/mol. The van der Waals surface area contributed by atoms with Gasteiger partial charge in [-0.15, -0.1) is 0 Å². The highest BCUT2D eigenvalue weighted by molar-refractivity contribution is 6.06. The predicted molar refractivity (Wildman–Crippen MR) is 127 cm³/mol. The van der Waals surface area contributed by atoms with Gasteiger partial charge in [-0.05, 0) is 63.7 Å². The second-order valence-corrected chi connectivity index (χ2v) is 7.86. The number of hydrogen-bond acceptors (Lipinski definition) is 1. The molecule has 1 heteroatoms. The first kappa shape index (κ1) is 17.1. The summed E-state index contributed by atoms with van der Waals surface area (Å²) in [5.74, 6) is 0. The van der Waals surface area contributed by atoms with E-state index >= 15 is 0 Å². The molecule has 0 unspecified atom stereocenters. The third kappa shape index (κ3) is 2.63. The number of aryl methyl sites for hydroxylation is 1. The Balaban J connectivity index is 1.43. The molecule has 0 spiro atoms. The van der Waals surface area contributed by atoms with E-state index in [4.69, 9.17) is 4.42 Å². The van der Waals surface area contributed by atoms with Crippen LogP contribution in [-0.4, -0.2) is 0 Å². The van der Waals surface area contributed by atoms with Gasteiger partial charge >= 0.3 is 0 Å². The summed E-state index contributed by atoms with van der Waals surface area (Å²) >= 11 is 0. The van der Waals surface area contributed by atoms with Crippen molar-refractivity contribution in [3.8, 4) is 22.3 Å². The van der Waals surface area contributed by atoms with Crippen molar-refractivity contribution in [1.29, 1.82) is 0 Å². The first-order chi connectivity index (χ1) is 14.8. The highest BCUT2D eigenvalue weighted by Crippen LogP contribution is 2.34. The molecule has 0 radical (unpaired) electrons. The zero-order valence-corrected chi connectivity index (χ0v) is 16.7. The van der Waals surface area contributed by atoms with Crippen LogP contribution < -0.4 is 0 Å². The van der Waals surface area contributed by atoms with Crippen molar-refractivity contribution in [1.82, 2.24) is 0 Å². The van der Waals surface area contributed by atoms with Crippen LogP contribution in [0.5, 0.6) is 0 Å². The Kier molecular flexibility index (Phi) is 3.75. The number of rotatable bonds is 2. The largest absolute Gasteiger partial charge is 0.456 e. The molecule has 0 aliphatic rings. The minimum absolute atomic E-state index is 0.933. The summed E-state index contributed by atoms with van der Waals surface area (Å²) in [4.78, 5) is 0. The number of benzene rings is 5. The molecule has 30 heavy (non-hydrogen) atoms. The van der Waals surface area contributed by atoms with Crippen LogP contribution >= 0.6 is 0 Å². The zero-order valence-electron chi connectivity index (χ0n) is 16.7. The minimum atomic E-state index is 0.933. The molecule has 6 rings (SSSR count). The maximum Gasteiger partial charge on any atom is 0.136 e. The summed E-state index contributed by atoms with van der Waals surface area (Å²) in [7, 11) is 0. The molecule has 0 aliphatic carbocycles. The Hall–Kier alpha value is -3.84. The van der Waals surface area contributed by atoms with Crippen LogP contribution in [0.3, 0.4) is 0 Å². The zero-order chi connectivity index (χ0) is 20.1. The summed E-state index contributed by atoms with van der Waals surface area (Å²) in [6.07, 6.45) is 0. The molecule has 0 N–H and O–H groups in total. The fourth-order valence-electron chi connectivity index (χ4n) is 4.45. The summed E-state index contributed by atoms with van der Waals surface area (Å²) in [5.41, 5.74) is 8.05. The van der Waals surface area contributed by atoms with E-state index in [1.54, 1.807) is 0 Å². The molecule has 0 aliphatic heterocycles. The molecule has 5 aromatic carbocycles. The van der Waals surface area contributed by atoms with Gasteiger partial charge in [0, 0.05) is 10.8 Å². The van der Waals surface area contributed by atoms with Gasteiger partial charge in [-0.3, -0.25) is 0 Å². The van der Waals surface area contributed by atoms with E-state index in [9.17, 15) is 0 Å². The van der Waals surface area contributed by atoms with Crippen LogP contribution in [0.15, 0.2) is 108 Å². The van der Waals surface area contributed by atoms with E-state index in [2.05, 4.69) is 97.9 Å². The summed E-state index contributed by atoms with van der Waals surface area (Å²) < 4.78 is 6.07. The number of fused-ring (bicyclic) bond motifs is 4. The van der Waals surface area contributed by atoms with Crippen LogP contribution in [0.2, 0.25) is 0 Å².